The molecule has 0 nitrogen and oxygen atoms in total. The molecule has 0 heterocycles. The predicted molar refractivity (Wildman–Crippen MR) is 109 cm³/mol. The van der Waals surface area contributed by atoms with Crippen LogP contribution in [-0.2, 0) is 0 Å². The van der Waals surface area contributed by atoms with Crippen LogP contribution in [0.25, 0.3) is 0 Å². The topological polar surface area (TPSA) is 0 Å². The fourth-order valence-electron chi connectivity index (χ4n) is 3.38. The zero-order valence-electron chi connectivity index (χ0n) is 16.1. The first-order chi connectivity index (χ1) is 11.2. The minimum absolute atomic E-state index is 0.0207. The molecule has 0 radical (unpaired) electrons. The van der Waals surface area contributed by atoms with E-state index in [0.717, 1.165) is 11.8 Å². The molecule has 0 fully saturated rings. The van der Waals surface area contributed by atoms with Gasteiger partial charge in [0, 0.05) is 0 Å². The molecule has 0 bridgehead atoms. The summed E-state index contributed by atoms with van der Waals surface area (Å²) in [4.78, 5) is 0. The van der Waals surface area contributed by atoms with Crippen molar-refractivity contribution in [1.82, 2.24) is 0 Å². The van der Waals surface area contributed by atoms with Gasteiger partial charge in [-0.2, -0.15) is 0 Å². The highest BCUT2D eigenvalue weighted by Gasteiger charge is 2.20. The zero-order chi connectivity index (χ0) is 16.9. The molecule has 0 aliphatic heterocycles. The van der Waals surface area contributed by atoms with E-state index in [-0.39, 0.29) is 7.92 Å². The molecule has 1 aromatic rings. The third kappa shape index (κ3) is 8.35. The lowest BCUT2D eigenvalue weighted by molar-refractivity contribution is 0.485. The average molecular weight is 335 g/mol. The van der Waals surface area contributed by atoms with Gasteiger partial charge < -0.3 is 0 Å². The van der Waals surface area contributed by atoms with E-state index in [2.05, 4.69) is 58.0 Å². The van der Waals surface area contributed by atoms with Crippen LogP contribution < -0.4 is 5.30 Å². The number of rotatable bonds is 13. The lowest BCUT2D eigenvalue weighted by Crippen LogP contribution is -2.16. The van der Waals surface area contributed by atoms with E-state index in [1.165, 1.54) is 63.7 Å². The van der Waals surface area contributed by atoms with Gasteiger partial charge in [-0.15, -0.1) is 0 Å². The number of hydrogen-bond acceptors (Lipinski definition) is 0. The summed E-state index contributed by atoms with van der Waals surface area (Å²) in [5, 5.41) is 1.65. The highest BCUT2D eigenvalue weighted by molar-refractivity contribution is 7.65. The first-order valence-corrected chi connectivity index (χ1v) is 11.8. The number of hydrogen-bond donors (Lipinski definition) is 0. The van der Waals surface area contributed by atoms with Crippen LogP contribution in [0.4, 0.5) is 0 Å². The zero-order valence-corrected chi connectivity index (χ0v) is 17.0. The van der Waals surface area contributed by atoms with Crippen LogP contribution in [0.3, 0.4) is 0 Å². The Morgan fingerprint density at radius 1 is 0.739 bits per heavy atom. The molecule has 2 unspecified atom stereocenters. The van der Waals surface area contributed by atoms with E-state index in [1.54, 1.807) is 5.30 Å². The summed E-state index contributed by atoms with van der Waals surface area (Å²) in [7, 11) is 0.0207. The van der Waals surface area contributed by atoms with Crippen LogP contribution in [0.2, 0.25) is 0 Å². The minimum Gasteiger partial charge on any atom is -0.0748 e. The molecule has 23 heavy (non-hydrogen) atoms. The monoisotopic (exact) mass is 334 g/mol. The van der Waals surface area contributed by atoms with Crippen LogP contribution in [0.5, 0.6) is 0 Å². The Morgan fingerprint density at radius 3 is 1.61 bits per heavy atom. The molecule has 0 aromatic heterocycles. The molecular weight excluding hydrogens is 295 g/mol. The van der Waals surface area contributed by atoms with Gasteiger partial charge in [-0.05, 0) is 29.5 Å². The van der Waals surface area contributed by atoms with Gasteiger partial charge in [0.05, 0.1) is 0 Å². The smallest absolute Gasteiger partial charge is 0.0240 e. The highest BCUT2D eigenvalue weighted by Crippen LogP contribution is 2.42. The fourth-order valence-corrected chi connectivity index (χ4v) is 6.67. The van der Waals surface area contributed by atoms with Crippen molar-refractivity contribution in [3.8, 4) is 0 Å². The summed E-state index contributed by atoms with van der Waals surface area (Å²) in [6.07, 6.45) is 14.0. The summed E-state index contributed by atoms with van der Waals surface area (Å²) >= 11 is 0. The summed E-state index contributed by atoms with van der Waals surface area (Å²) in [6, 6.07) is 11.4. The lowest BCUT2D eigenvalue weighted by Gasteiger charge is -2.27. The standard InChI is InChI=1S/C22H39P/c1-5-9-14-20(7-3)18-23(22-16-12-11-13-17-22)19-21(8-4)15-10-6-2/h11-13,16-17,20-21H,5-10,14-15,18-19H2,1-4H3. The first kappa shape index (κ1) is 20.7. The van der Waals surface area contributed by atoms with Crippen LogP contribution >= 0.6 is 7.92 Å². The molecule has 0 spiro atoms. The van der Waals surface area contributed by atoms with Crippen molar-refractivity contribution in [2.75, 3.05) is 12.3 Å². The largest absolute Gasteiger partial charge is 0.0748 e. The Balaban J connectivity index is 2.76. The van der Waals surface area contributed by atoms with Crippen molar-refractivity contribution >= 4 is 13.2 Å². The van der Waals surface area contributed by atoms with Crippen molar-refractivity contribution in [3.05, 3.63) is 30.3 Å². The van der Waals surface area contributed by atoms with Gasteiger partial charge >= 0.3 is 0 Å². The molecule has 1 heteroatoms. The van der Waals surface area contributed by atoms with E-state index in [1.807, 2.05) is 0 Å². The molecule has 0 N–H and O–H groups in total. The van der Waals surface area contributed by atoms with E-state index in [4.69, 9.17) is 0 Å². The maximum atomic E-state index is 2.40. The molecular formula is C22H39P. The van der Waals surface area contributed by atoms with Gasteiger partial charge in [-0.3, -0.25) is 0 Å². The van der Waals surface area contributed by atoms with E-state index in [0.29, 0.717) is 0 Å². The molecule has 0 amide bonds. The second-order valence-corrected chi connectivity index (χ2v) is 9.40. The van der Waals surface area contributed by atoms with Gasteiger partial charge in [-0.1, -0.05) is 117 Å². The molecule has 132 valence electrons. The Bertz CT molecular complexity index is 355. The van der Waals surface area contributed by atoms with Gasteiger partial charge in [0.25, 0.3) is 0 Å². The molecule has 1 rings (SSSR count). The first-order valence-electron chi connectivity index (χ1n) is 10.0. The Labute approximate surface area is 147 Å². The van der Waals surface area contributed by atoms with E-state index < -0.39 is 0 Å². The molecule has 1 aromatic carbocycles. The molecule has 2 atom stereocenters. The van der Waals surface area contributed by atoms with Crippen molar-refractivity contribution in [3.63, 3.8) is 0 Å². The summed E-state index contributed by atoms with van der Waals surface area (Å²) in [6.45, 7) is 9.44. The van der Waals surface area contributed by atoms with Crippen molar-refractivity contribution in [2.24, 2.45) is 11.8 Å². The molecule has 0 saturated heterocycles. The highest BCUT2D eigenvalue weighted by atomic mass is 31.1. The van der Waals surface area contributed by atoms with Crippen LogP contribution in [-0.4, -0.2) is 12.3 Å². The van der Waals surface area contributed by atoms with Gasteiger partial charge in [0.2, 0.25) is 0 Å². The second-order valence-electron chi connectivity index (χ2n) is 7.07. The van der Waals surface area contributed by atoms with Crippen molar-refractivity contribution in [1.29, 1.82) is 0 Å². The normalized spacial score (nSPS) is 15.3. The fraction of sp³-hybridized carbons (Fsp3) is 0.727. The maximum absolute atomic E-state index is 2.40. The predicted octanol–water partition coefficient (Wildman–Crippen LogP) is 7.23. The SMILES string of the molecule is CCCCC(CC)CP(CC(CC)CCCC)c1ccccc1. The second kappa shape index (κ2) is 13.0. The van der Waals surface area contributed by atoms with Gasteiger partial charge in [-0.25, -0.2) is 0 Å². The van der Waals surface area contributed by atoms with Crippen LogP contribution in [0.15, 0.2) is 30.3 Å². The number of benzene rings is 1. The van der Waals surface area contributed by atoms with Gasteiger partial charge in [0.15, 0.2) is 0 Å². The third-order valence-corrected chi connectivity index (χ3v) is 8.11. The van der Waals surface area contributed by atoms with Crippen molar-refractivity contribution < 1.29 is 0 Å². The molecule has 0 aliphatic carbocycles. The van der Waals surface area contributed by atoms with Gasteiger partial charge in [0.1, 0.15) is 0 Å². The van der Waals surface area contributed by atoms with E-state index in [9.17, 15) is 0 Å². The molecule has 0 saturated carbocycles. The maximum Gasteiger partial charge on any atom is -0.0240 e. The molecule has 0 aliphatic rings. The Kier molecular flexibility index (Phi) is 11.7. The summed E-state index contributed by atoms with van der Waals surface area (Å²) < 4.78 is 0. The lowest BCUT2D eigenvalue weighted by atomic mass is 10.0. The summed E-state index contributed by atoms with van der Waals surface area (Å²) in [5.74, 6) is 1.87. The van der Waals surface area contributed by atoms with E-state index >= 15 is 0 Å². The number of unbranched alkanes of at least 4 members (excludes halogenated alkanes) is 2. The quantitative estimate of drug-likeness (QED) is 0.334. The average Bonchev–Trinajstić information content (AvgIpc) is 2.61. The summed E-state index contributed by atoms with van der Waals surface area (Å²) in [5.41, 5.74) is 0. The van der Waals surface area contributed by atoms with Crippen LogP contribution in [0.1, 0.15) is 79.1 Å². The Hall–Kier alpha value is -0.350. The Morgan fingerprint density at radius 2 is 1.22 bits per heavy atom. The van der Waals surface area contributed by atoms with Crippen molar-refractivity contribution in [2.45, 2.75) is 79.1 Å². The third-order valence-electron chi connectivity index (χ3n) is 5.17. The minimum atomic E-state index is 0.0207. The van der Waals surface area contributed by atoms with Crippen LogP contribution in [0, 0.1) is 11.8 Å².